The number of carbonyl (C=O) groups is 1. The number of benzene rings is 1. The van der Waals surface area contributed by atoms with Crippen LogP contribution in [0.25, 0.3) is 0 Å². The number of fused-ring (bicyclic) bond motifs is 1. The van der Waals surface area contributed by atoms with Crippen LogP contribution in [0, 0.1) is 0 Å². The van der Waals surface area contributed by atoms with Gasteiger partial charge in [0.1, 0.15) is 5.60 Å². The Morgan fingerprint density at radius 1 is 1.26 bits per heavy atom. The zero-order valence-corrected chi connectivity index (χ0v) is 16.6. The van der Waals surface area contributed by atoms with Gasteiger partial charge in [-0.15, -0.1) is 0 Å². The number of rotatable bonds is 4. The van der Waals surface area contributed by atoms with Gasteiger partial charge in [-0.25, -0.2) is 4.79 Å². The number of aryl methyl sites for hydroxylation is 2. The fourth-order valence-electron chi connectivity index (χ4n) is 5.14. The van der Waals surface area contributed by atoms with Crippen molar-refractivity contribution in [1.82, 2.24) is 15.5 Å². The quantitative estimate of drug-likeness (QED) is 0.855. The molecule has 1 aromatic carbocycles. The summed E-state index contributed by atoms with van der Waals surface area (Å²) in [6, 6.07) is 7.07. The Bertz CT molecular complexity index is 674. The minimum atomic E-state index is -0.238. The SMILES string of the molecule is CCNC(=O)N[C@H]1CCCC[C@]12CN(Cc1ccc3c(c1)CCC3)CCO2. The summed E-state index contributed by atoms with van der Waals surface area (Å²) in [5.41, 5.74) is 4.26. The zero-order valence-electron chi connectivity index (χ0n) is 16.6. The largest absolute Gasteiger partial charge is 0.370 e. The van der Waals surface area contributed by atoms with Crippen molar-refractivity contribution in [2.75, 3.05) is 26.2 Å². The second-order valence-electron chi connectivity index (χ2n) is 8.38. The maximum atomic E-state index is 12.1. The van der Waals surface area contributed by atoms with E-state index >= 15 is 0 Å². The van der Waals surface area contributed by atoms with E-state index in [4.69, 9.17) is 4.74 Å². The molecule has 2 aliphatic carbocycles. The molecule has 0 unspecified atom stereocenters. The fraction of sp³-hybridized carbons (Fsp3) is 0.682. The Hall–Kier alpha value is -1.59. The first-order valence-electron chi connectivity index (χ1n) is 10.7. The maximum absolute atomic E-state index is 12.1. The highest BCUT2D eigenvalue weighted by Gasteiger charge is 2.45. The zero-order chi connectivity index (χ0) is 18.7. The molecule has 1 saturated carbocycles. The number of carbonyl (C=O) groups excluding carboxylic acids is 1. The molecule has 2 N–H and O–H groups in total. The van der Waals surface area contributed by atoms with Gasteiger partial charge >= 0.3 is 6.03 Å². The van der Waals surface area contributed by atoms with E-state index in [-0.39, 0.29) is 17.7 Å². The lowest BCUT2D eigenvalue weighted by Gasteiger charge is -2.49. The Morgan fingerprint density at radius 2 is 2.15 bits per heavy atom. The Balaban J connectivity index is 1.44. The maximum Gasteiger partial charge on any atom is 0.315 e. The Kier molecular flexibility index (Phi) is 5.69. The van der Waals surface area contributed by atoms with E-state index in [9.17, 15) is 4.79 Å². The molecule has 0 bridgehead atoms. The van der Waals surface area contributed by atoms with Crippen molar-refractivity contribution in [2.24, 2.45) is 0 Å². The van der Waals surface area contributed by atoms with Crippen molar-refractivity contribution in [2.45, 2.75) is 70.1 Å². The smallest absolute Gasteiger partial charge is 0.315 e. The van der Waals surface area contributed by atoms with Crippen molar-refractivity contribution in [3.05, 3.63) is 34.9 Å². The van der Waals surface area contributed by atoms with Crippen molar-refractivity contribution >= 4 is 6.03 Å². The third kappa shape index (κ3) is 4.14. The van der Waals surface area contributed by atoms with E-state index in [0.29, 0.717) is 6.54 Å². The molecule has 3 aliphatic rings. The van der Waals surface area contributed by atoms with Gasteiger partial charge in [-0.1, -0.05) is 31.0 Å². The number of nitrogens with zero attached hydrogens (tertiary/aromatic N) is 1. The van der Waals surface area contributed by atoms with Crippen LogP contribution in [-0.4, -0.2) is 48.8 Å². The number of urea groups is 1. The molecular formula is C22H33N3O2. The third-order valence-electron chi connectivity index (χ3n) is 6.48. The van der Waals surface area contributed by atoms with Crippen molar-refractivity contribution in [3.63, 3.8) is 0 Å². The van der Waals surface area contributed by atoms with Crippen LogP contribution in [0.3, 0.4) is 0 Å². The van der Waals surface area contributed by atoms with E-state index in [1.807, 2.05) is 6.92 Å². The van der Waals surface area contributed by atoms with Crippen LogP contribution in [0.15, 0.2) is 18.2 Å². The van der Waals surface area contributed by atoms with Crippen LogP contribution >= 0.6 is 0 Å². The van der Waals surface area contributed by atoms with Crippen LogP contribution in [0.2, 0.25) is 0 Å². The normalized spacial score (nSPS) is 28.1. The molecule has 1 heterocycles. The van der Waals surface area contributed by atoms with Crippen molar-refractivity contribution in [3.8, 4) is 0 Å². The first kappa shape index (κ1) is 18.8. The van der Waals surface area contributed by atoms with Crippen molar-refractivity contribution < 1.29 is 9.53 Å². The van der Waals surface area contributed by atoms with Crippen LogP contribution in [0.5, 0.6) is 0 Å². The molecule has 1 aliphatic heterocycles. The van der Waals surface area contributed by atoms with Gasteiger partial charge in [0.2, 0.25) is 0 Å². The lowest BCUT2D eigenvalue weighted by atomic mass is 9.79. The van der Waals surface area contributed by atoms with Crippen LogP contribution in [-0.2, 0) is 24.1 Å². The lowest BCUT2D eigenvalue weighted by Crippen LogP contribution is -2.64. The summed E-state index contributed by atoms with van der Waals surface area (Å²) in [7, 11) is 0. The topological polar surface area (TPSA) is 53.6 Å². The molecule has 0 aromatic heterocycles. The van der Waals surface area contributed by atoms with E-state index in [2.05, 4.69) is 33.7 Å². The average molecular weight is 372 g/mol. The van der Waals surface area contributed by atoms with E-state index < -0.39 is 0 Å². The van der Waals surface area contributed by atoms with Gasteiger partial charge in [-0.05, 0) is 55.7 Å². The Labute approximate surface area is 162 Å². The molecule has 5 nitrogen and oxygen atoms in total. The summed E-state index contributed by atoms with van der Waals surface area (Å²) in [5, 5.41) is 6.07. The second-order valence-corrected chi connectivity index (χ2v) is 8.38. The number of amides is 2. The molecule has 27 heavy (non-hydrogen) atoms. The molecule has 4 rings (SSSR count). The van der Waals surface area contributed by atoms with Crippen LogP contribution < -0.4 is 10.6 Å². The molecule has 1 aromatic rings. The van der Waals surface area contributed by atoms with Crippen LogP contribution in [0.1, 0.15) is 55.7 Å². The van der Waals surface area contributed by atoms with Crippen LogP contribution in [0.4, 0.5) is 4.79 Å². The Morgan fingerprint density at radius 3 is 3.04 bits per heavy atom. The minimum Gasteiger partial charge on any atom is -0.370 e. The van der Waals surface area contributed by atoms with Gasteiger partial charge in [-0.2, -0.15) is 0 Å². The second kappa shape index (κ2) is 8.19. The van der Waals surface area contributed by atoms with Crippen molar-refractivity contribution in [1.29, 1.82) is 0 Å². The molecule has 148 valence electrons. The van der Waals surface area contributed by atoms with Gasteiger partial charge in [0.25, 0.3) is 0 Å². The van der Waals surface area contributed by atoms with Gasteiger partial charge in [0, 0.05) is 26.2 Å². The monoisotopic (exact) mass is 371 g/mol. The number of nitrogens with one attached hydrogen (secondary N) is 2. The number of hydrogen-bond acceptors (Lipinski definition) is 3. The predicted octanol–water partition coefficient (Wildman–Crippen LogP) is 3.01. The highest BCUT2D eigenvalue weighted by atomic mass is 16.5. The molecule has 1 saturated heterocycles. The molecule has 2 fully saturated rings. The molecule has 5 heteroatoms. The molecule has 2 amide bonds. The molecule has 1 spiro atoms. The van der Waals surface area contributed by atoms with E-state index in [1.165, 1.54) is 36.8 Å². The van der Waals surface area contributed by atoms with E-state index in [0.717, 1.165) is 45.5 Å². The number of morpholine rings is 1. The summed E-state index contributed by atoms with van der Waals surface area (Å²) >= 11 is 0. The average Bonchev–Trinajstić information content (AvgIpc) is 3.12. The fourth-order valence-corrected chi connectivity index (χ4v) is 5.14. The minimum absolute atomic E-state index is 0.0666. The summed E-state index contributed by atoms with van der Waals surface area (Å²) in [4.78, 5) is 14.7. The first-order chi connectivity index (χ1) is 13.2. The number of ether oxygens (including phenoxy) is 1. The standard InChI is InChI=1S/C22H33N3O2/c1-2-23-21(26)24-20-8-3-4-11-22(20)16-25(12-13-27-22)15-17-9-10-18-6-5-7-19(18)14-17/h9-10,14,20H,2-8,11-13,15-16H2,1H3,(H2,23,24,26)/t20-,22-/m0/s1. The summed E-state index contributed by atoms with van der Waals surface area (Å²) in [5.74, 6) is 0. The number of hydrogen-bond donors (Lipinski definition) is 2. The van der Waals surface area contributed by atoms with Gasteiger partial charge in [0.15, 0.2) is 0 Å². The van der Waals surface area contributed by atoms with E-state index in [1.54, 1.807) is 5.56 Å². The molecule has 0 radical (unpaired) electrons. The summed E-state index contributed by atoms with van der Waals surface area (Å²) in [6.45, 7) is 6.20. The summed E-state index contributed by atoms with van der Waals surface area (Å²) < 4.78 is 6.36. The van der Waals surface area contributed by atoms with Gasteiger partial charge in [0.05, 0.1) is 12.6 Å². The highest BCUT2D eigenvalue weighted by Crippen LogP contribution is 2.35. The lowest BCUT2D eigenvalue weighted by molar-refractivity contribution is -0.142. The molecular weight excluding hydrogens is 338 g/mol. The summed E-state index contributed by atoms with van der Waals surface area (Å²) in [6.07, 6.45) is 8.15. The van der Waals surface area contributed by atoms with Gasteiger partial charge in [-0.3, -0.25) is 4.90 Å². The molecule has 2 atom stereocenters. The highest BCUT2D eigenvalue weighted by molar-refractivity contribution is 5.74. The first-order valence-corrected chi connectivity index (χ1v) is 10.7. The predicted molar refractivity (Wildman–Crippen MR) is 107 cm³/mol. The van der Waals surface area contributed by atoms with Gasteiger partial charge < -0.3 is 15.4 Å². The third-order valence-corrected chi connectivity index (χ3v) is 6.48.